The molecule has 0 saturated carbocycles. The number of rotatable bonds is 5. The van der Waals surface area contributed by atoms with Crippen LogP contribution in [0.2, 0.25) is 0 Å². The highest BCUT2D eigenvalue weighted by molar-refractivity contribution is 5.90. The van der Waals surface area contributed by atoms with E-state index in [1.54, 1.807) is 25.1 Å². The van der Waals surface area contributed by atoms with E-state index < -0.39 is 34.8 Å². The standard InChI is InChI=1S/C25H19F3N4O4/c1-13-9-10-17(11-14(13)2)32-23(34)20(22(31-32)25(26,27)28)30-29-19-8-4-7-18(21(19)33)15-5-3-6-16(12-15)24(35)36/h3-12,31,33H,1-2H3,(H,35,36). The Morgan fingerprint density at radius 2 is 1.69 bits per heavy atom. The molecule has 0 bridgehead atoms. The Labute approximate surface area is 202 Å². The van der Waals surface area contributed by atoms with E-state index in [0.29, 0.717) is 5.56 Å². The molecule has 4 aromatic rings. The summed E-state index contributed by atoms with van der Waals surface area (Å²) in [7, 11) is 0. The van der Waals surface area contributed by atoms with Crippen LogP contribution < -0.4 is 5.56 Å². The van der Waals surface area contributed by atoms with Crippen molar-refractivity contribution < 1.29 is 28.2 Å². The molecule has 4 rings (SSSR count). The van der Waals surface area contributed by atoms with Crippen molar-refractivity contribution >= 4 is 17.3 Å². The number of carboxylic acids is 1. The fourth-order valence-electron chi connectivity index (χ4n) is 3.53. The first-order valence-electron chi connectivity index (χ1n) is 10.5. The number of phenols is 1. The van der Waals surface area contributed by atoms with Crippen LogP contribution in [-0.4, -0.2) is 26.0 Å². The number of aryl methyl sites for hydroxylation is 2. The monoisotopic (exact) mass is 496 g/mol. The summed E-state index contributed by atoms with van der Waals surface area (Å²) in [5.41, 5.74) is -1.26. The van der Waals surface area contributed by atoms with Gasteiger partial charge in [0.05, 0.1) is 11.3 Å². The summed E-state index contributed by atoms with van der Waals surface area (Å²) in [6.07, 6.45) is -4.93. The van der Waals surface area contributed by atoms with E-state index in [9.17, 15) is 33.0 Å². The quantitative estimate of drug-likeness (QED) is 0.281. The second-order valence-electron chi connectivity index (χ2n) is 8.00. The zero-order chi connectivity index (χ0) is 26.2. The molecule has 3 aromatic carbocycles. The van der Waals surface area contributed by atoms with Gasteiger partial charge in [-0.1, -0.05) is 30.3 Å². The number of carboxylic acid groups (broad SMARTS) is 1. The fourth-order valence-corrected chi connectivity index (χ4v) is 3.53. The lowest BCUT2D eigenvalue weighted by Gasteiger charge is -2.07. The third-order valence-corrected chi connectivity index (χ3v) is 5.59. The topological polar surface area (TPSA) is 120 Å². The summed E-state index contributed by atoms with van der Waals surface area (Å²) in [5, 5.41) is 29.2. The Balaban J connectivity index is 1.80. The lowest BCUT2D eigenvalue weighted by Crippen LogP contribution is -2.14. The molecular weight excluding hydrogens is 477 g/mol. The highest BCUT2D eigenvalue weighted by Crippen LogP contribution is 2.39. The summed E-state index contributed by atoms with van der Waals surface area (Å²) in [6.45, 7) is 3.59. The number of alkyl halides is 3. The Bertz CT molecular complexity index is 1570. The molecule has 1 aromatic heterocycles. The molecule has 0 atom stereocenters. The van der Waals surface area contributed by atoms with Crippen LogP contribution >= 0.6 is 0 Å². The molecule has 0 spiro atoms. The summed E-state index contributed by atoms with van der Waals surface area (Å²) >= 11 is 0. The van der Waals surface area contributed by atoms with Crippen molar-refractivity contribution in [2.75, 3.05) is 0 Å². The number of hydrogen-bond donors (Lipinski definition) is 3. The molecule has 0 aliphatic heterocycles. The molecule has 0 aliphatic rings. The lowest BCUT2D eigenvalue weighted by molar-refractivity contribution is -0.140. The van der Waals surface area contributed by atoms with Crippen LogP contribution in [0.4, 0.5) is 24.5 Å². The maximum atomic E-state index is 13.7. The van der Waals surface area contributed by atoms with Crippen molar-refractivity contribution in [2.45, 2.75) is 20.0 Å². The fraction of sp³-hybridized carbons (Fsp3) is 0.120. The Hall–Kier alpha value is -4.67. The number of aromatic nitrogens is 2. The molecule has 3 N–H and O–H groups in total. The second-order valence-corrected chi connectivity index (χ2v) is 8.00. The molecule has 0 radical (unpaired) electrons. The van der Waals surface area contributed by atoms with Gasteiger partial charge in [0, 0.05) is 5.56 Å². The number of aromatic carboxylic acids is 1. The van der Waals surface area contributed by atoms with Crippen LogP contribution in [0, 0.1) is 13.8 Å². The van der Waals surface area contributed by atoms with Crippen LogP contribution in [0.3, 0.4) is 0 Å². The summed E-state index contributed by atoms with van der Waals surface area (Å²) < 4.78 is 41.9. The van der Waals surface area contributed by atoms with E-state index in [-0.39, 0.29) is 22.5 Å². The SMILES string of the molecule is Cc1ccc(-n2[nH]c(C(F)(F)F)c(N=Nc3cccc(-c4cccc(C(=O)O)c4)c3O)c2=O)cc1C. The maximum Gasteiger partial charge on any atom is 0.435 e. The lowest BCUT2D eigenvalue weighted by atomic mass is 10.0. The first kappa shape index (κ1) is 24.5. The van der Waals surface area contributed by atoms with E-state index in [0.717, 1.165) is 15.8 Å². The molecule has 0 amide bonds. The molecule has 1 heterocycles. The number of halogens is 3. The van der Waals surface area contributed by atoms with Crippen molar-refractivity contribution in [2.24, 2.45) is 10.2 Å². The molecule has 0 unspecified atom stereocenters. The minimum Gasteiger partial charge on any atom is -0.505 e. The van der Waals surface area contributed by atoms with E-state index >= 15 is 0 Å². The highest BCUT2D eigenvalue weighted by Gasteiger charge is 2.38. The Kier molecular flexibility index (Phi) is 6.23. The van der Waals surface area contributed by atoms with Gasteiger partial charge in [-0.2, -0.15) is 13.2 Å². The number of H-pyrrole nitrogens is 1. The third kappa shape index (κ3) is 4.63. The number of nitrogens with zero attached hydrogens (tertiary/aromatic N) is 3. The van der Waals surface area contributed by atoms with Gasteiger partial charge in [-0.15, -0.1) is 10.2 Å². The number of carbonyl (C=O) groups is 1. The zero-order valence-corrected chi connectivity index (χ0v) is 19.0. The van der Waals surface area contributed by atoms with E-state index in [1.165, 1.54) is 42.5 Å². The molecule has 0 aliphatic carbocycles. The molecular formula is C25H19F3N4O4. The smallest absolute Gasteiger partial charge is 0.435 e. The average molecular weight is 496 g/mol. The molecule has 184 valence electrons. The minimum absolute atomic E-state index is 0.0204. The van der Waals surface area contributed by atoms with Crippen molar-refractivity contribution in [3.8, 4) is 22.6 Å². The van der Waals surface area contributed by atoms with E-state index in [1.807, 2.05) is 6.92 Å². The average Bonchev–Trinajstić information content (AvgIpc) is 3.17. The normalized spacial score (nSPS) is 11.8. The zero-order valence-electron chi connectivity index (χ0n) is 19.0. The van der Waals surface area contributed by atoms with Gasteiger partial charge >= 0.3 is 12.1 Å². The van der Waals surface area contributed by atoms with Gasteiger partial charge in [0.25, 0.3) is 5.56 Å². The van der Waals surface area contributed by atoms with Crippen LogP contribution in [-0.2, 0) is 6.18 Å². The molecule has 8 nitrogen and oxygen atoms in total. The van der Waals surface area contributed by atoms with Crippen molar-refractivity contribution in [3.63, 3.8) is 0 Å². The number of aromatic amines is 1. The second kappa shape index (κ2) is 9.17. The van der Waals surface area contributed by atoms with Crippen molar-refractivity contribution in [1.82, 2.24) is 9.78 Å². The molecule has 11 heteroatoms. The van der Waals surface area contributed by atoms with Gasteiger partial charge in [-0.05, 0) is 60.9 Å². The van der Waals surface area contributed by atoms with Gasteiger partial charge in [0.2, 0.25) is 0 Å². The number of phenolic OH excluding ortho intramolecular Hbond substituents is 1. The molecule has 0 fully saturated rings. The number of benzene rings is 3. The summed E-state index contributed by atoms with van der Waals surface area (Å²) in [5.74, 6) is -1.61. The first-order chi connectivity index (χ1) is 17.0. The largest absolute Gasteiger partial charge is 0.505 e. The van der Waals surface area contributed by atoms with E-state index in [4.69, 9.17) is 0 Å². The Morgan fingerprint density at radius 3 is 2.36 bits per heavy atom. The number of azo groups is 1. The number of hydrogen-bond acceptors (Lipinski definition) is 5. The van der Waals surface area contributed by atoms with Gasteiger partial charge in [-0.25, -0.2) is 9.48 Å². The van der Waals surface area contributed by atoms with Gasteiger partial charge in [-0.3, -0.25) is 9.89 Å². The van der Waals surface area contributed by atoms with Gasteiger partial charge < -0.3 is 10.2 Å². The van der Waals surface area contributed by atoms with E-state index in [2.05, 4.69) is 15.3 Å². The summed E-state index contributed by atoms with van der Waals surface area (Å²) in [6, 6.07) is 14.7. The van der Waals surface area contributed by atoms with Crippen LogP contribution in [0.25, 0.3) is 16.8 Å². The minimum atomic E-state index is -4.93. The summed E-state index contributed by atoms with van der Waals surface area (Å²) in [4.78, 5) is 24.1. The van der Waals surface area contributed by atoms with Crippen LogP contribution in [0.1, 0.15) is 27.2 Å². The van der Waals surface area contributed by atoms with Crippen LogP contribution in [0.5, 0.6) is 5.75 Å². The molecule has 36 heavy (non-hydrogen) atoms. The van der Waals surface area contributed by atoms with Gasteiger partial charge in [0.15, 0.2) is 17.1 Å². The maximum absolute atomic E-state index is 13.7. The number of nitrogens with one attached hydrogen (secondary N) is 1. The number of aromatic hydroxyl groups is 1. The Morgan fingerprint density at radius 1 is 0.972 bits per heavy atom. The molecule has 0 saturated heterocycles. The first-order valence-corrected chi connectivity index (χ1v) is 10.5. The third-order valence-electron chi connectivity index (χ3n) is 5.59. The van der Waals surface area contributed by atoms with Crippen molar-refractivity contribution in [3.05, 3.63) is 93.4 Å². The number of para-hydroxylation sites is 1. The van der Waals surface area contributed by atoms with Crippen molar-refractivity contribution in [1.29, 1.82) is 0 Å². The van der Waals surface area contributed by atoms with Crippen LogP contribution in [0.15, 0.2) is 75.7 Å². The predicted octanol–water partition coefficient (Wildman–Crippen LogP) is 6.29. The predicted molar refractivity (Wildman–Crippen MR) is 126 cm³/mol. The highest BCUT2D eigenvalue weighted by atomic mass is 19.4. The van der Waals surface area contributed by atoms with Gasteiger partial charge in [0.1, 0.15) is 5.69 Å².